The number of hydrogen-bond acceptors (Lipinski definition) is 5. The lowest BCUT2D eigenvalue weighted by Crippen LogP contribution is -2.72. The maximum absolute atomic E-state index is 5.74. The highest BCUT2D eigenvalue weighted by Crippen LogP contribution is 2.21. The molecular weight excluding hydrogens is 372 g/mol. The van der Waals surface area contributed by atoms with E-state index in [1.807, 2.05) is 62.7 Å². The van der Waals surface area contributed by atoms with E-state index in [1.54, 1.807) is 0 Å². The largest absolute Gasteiger partial charge is 0.399 e. The second kappa shape index (κ2) is 15.2. The fourth-order valence-corrected chi connectivity index (χ4v) is 3.03. The molecule has 1 fully saturated rings. The Morgan fingerprint density at radius 2 is 1.63 bits per heavy atom. The Labute approximate surface area is 183 Å². The predicted molar refractivity (Wildman–Crippen MR) is 131 cm³/mol. The number of anilines is 2. The Morgan fingerprint density at radius 3 is 2.23 bits per heavy atom. The van der Waals surface area contributed by atoms with Crippen LogP contribution in [-0.4, -0.2) is 56.7 Å². The third kappa shape index (κ3) is 9.20. The van der Waals surface area contributed by atoms with Gasteiger partial charge in [0.05, 0.1) is 19.9 Å². The van der Waals surface area contributed by atoms with Crippen molar-refractivity contribution in [2.24, 2.45) is 5.73 Å². The molecule has 1 aromatic carbocycles. The summed E-state index contributed by atoms with van der Waals surface area (Å²) in [7, 11) is 3.90. The maximum Gasteiger partial charge on any atom is 0.108 e. The van der Waals surface area contributed by atoms with E-state index in [4.69, 9.17) is 11.5 Å². The van der Waals surface area contributed by atoms with Gasteiger partial charge >= 0.3 is 0 Å². The second-order valence-electron chi connectivity index (χ2n) is 6.86. The van der Waals surface area contributed by atoms with Gasteiger partial charge in [0.1, 0.15) is 6.20 Å². The van der Waals surface area contributed by atoms with Crippen LogP contribution in [0.4, 0.5) is 11.4 Å². The summed E-state index contributed by atoms with van der Waals surface area (Å²) in [6.45, 7) is 8.86. The molecule has 0 aromatic heterocycles. The molecule has 0 atom stereocenters. The maximum atomic E-state index is 5.74. The highest BCUT2D eigenvalue weighted by molar-refractivity contribution is 5.53. The number of nitrogen functional groups attached to an aromatic ring is 1. The number of quaternary nitrogens is 1. The molecule has 1 aliphatic heterocycles. The van der Waals surface area contributed by atoms with E-state index in [1.165, 1.54) is 11.4 Å². The molecule has 0 bridgehead atoms. The van der Waals surface area contributed by atoms with Crippen LogP contribution in [0.15, 0.2) is 72.7 Å². The monoisotopic (exact) mass is 413 g/mol. The first kappa shape index (κ1) is 25.3. The van der Waals surface area contributed by atoms with Crippen molar-refractivity contribution in [2.75, 3.05) is 57.6 Å². The van der Waals surface area contributed by atoms with Crippen molar-refractivity contribution in [3.8, 4) is 0 Å². The summed E-state index contributed by atoms with van der Waals surface area (Å²) in [4.78, 5) is 6.83. The lowest BCUT2D eigenvalue weighted by molar-refractivity contribution is -0.557. The van der Waals surface area contributed by atoms with Gasteiger partial charge in [0, 0.05) is 56.7 Å². The molecular formula is C24H41N6+. The van der Waals surface area contributed by atoms with Gasteiger partial charge in [-0.05, 0) is 30.3 Å². The smallest absolute Gasteiger partial charge is 0.108 e. The number of piperazine rings is 1. The van der Waals surface area contributed by atoms with Gasteiger partial charge in [0.25, 0.3) is 0 Å². The summed E-state index contributed by atoms with van der Waals surface area (Å²) in [5.74, 6) is 0. The van der Waals surface area contributed by atoms with Gasteiger partial charge in [-0.25, -0.2) is 0 Å². The zero-order valence-corrected chi connectivity index (χ0v) is 19.2. The zero-order chi connectivity index (χ0) is 22.2. The third-order valence-electron chi connectivity index (χ3n) is 4.74. The van der Waals surface area contributed by atoms with E-state index in [0.717, 1.165) is 38.3 Å². The molecule has 30 heavy (non-hydrogen) atoms. The topological polar surface area (TPSA) is 78.4 Å². The van der Waals surface area contributed by atoms with Crippen molar-refractivity contribution in [3.63, 3.8) is 0 Å². The first-order valence-corrected chi connectivity index (χ1v) is 10.9. The normalized spacial score (nSPS) is 15.6. The Morgan fingerprint density at radius 1 is 1.00 bits per heavy atom. The molecule has 1 heterocycles. The van der Waals surface area contributed by atoms with Gasteiger partial charge in [-0.1, -0.05) is 38.2 Å². The van der Waals surface area contributed by atoms with Gasteiger partial charge in [-0.15, -0.1) is 0 Å². The van der Waals surface area contributed by atoms with E-state index in [0.29, 0.717) is 6.67 Å². The molecule has 6 N–H and O–H groups in total. The van der Waals surface area contributed by atoms with E-state index in [-0.39, 0.29) is 0 Å². The molecule has 2 aliphatic rings. The standard InChI is InChI=1S/C17H21N3.C5H13N3.C2H6/c18-15-7-9-17(10-8-15)20-13-11-19(12-14-20)16-5-3-1-2-4-6-16;1-7-3-4-8(2)5-6;1-2/h1-5,7-10H,6,11-14,18H2;3-4,7H,5-6H2,1-2H3;1-2H3/p+1/b;4-3-;. The van der Waals surface area contributed by atoms with Crippen molar-refractivity contribution in [1.29, 1.82) is 0 Å². The highest BCUT2D eigenvalue weighted by atomic mass is 15.3. The minimum atomic E-state index is 0.574. The van der Waals surface area contributed by atoms with Gasteiger partial charge in [-0.2, -0.15) is 0 Å². The molecule has 6 nitrogen and oxygen atoms in total. The SMILES string of the molecule is CC.C[NH2+]/C=C\N(C)CN.Nc1ccc(N2CCN(C3=CC=CC=CC3)CC2)cc1. The van der Waals surface area contributed by atoms with Crippen LogP contribution in [0, 0.1) is 0 Å². The summed E-state index contributed by atoms with van der Waals surface area (Å²) in [5.41, 5.74) is 14.5. The molecule has 0 amide bonds. The van der Waals surface area contributed by atoms with Crippen LogP contribution in [0.3, 0.4) is 0 Å². The molecule has 6 heteroatoms. The summed E-state index contributed by atoms with van der Waals surface area (Å²) in [6.07, 6.45) is 15.7. The van der Waals surface area contributed by atoms with Crippen molar-refractivity contribution >= 4 is 11.4 Å². The predicted octanol–water partition coefficient (Wildman–Crippen LogP) is 2.32. The highest BCUT2D eigenvalue weighted by Gasteiger charge is 2.18. The van der Waals surface area contributed by atoms with E-state index >= 15 is 0 Å². The van der Waals surface area contributed by atoms with Crippen molar-refractivity contribution in [1.82, 2.24) is 9.80 Å². The molecule has 0 spiro atoms. The van der Waals surface area contributed by atoms with Gasteiger partial charge in [-0.3, -0.25) is 0 Å². The summed E-state index contributed by atoms with van der Waals surface area (Å²) < 4.78 is 0. The first-order chi connectivity index (χ1) is 14.6. The van der Waals surface area contributed by atoms with Crippen LogP contribution in [-0.2, 0) is 0 Å². The Kier molecular flexibility index (Phi) is 12.8. The molecule has 1 saturated heterocycles. The lowest BCUT2D eigenvalue weighted by Gasteiger charge is -2.38. The van der Waals surface area contributed by atoms with Gasteiger partial charge in [0.15, 0.2) is 0 Å². The van der Waals surface area contributed by atoms with Crippen molar-refractivity contribution in [3.05, 3.63) is 72.7 Å². The lowest BCUT2D eigenvalue weighted by atomic mass is 10.2. The number of hydrogen-bond donors (Lipinski definition) is 3. The fraction of sp³-hybridized carbons (Fsp3) is 0.417. The average Bonchev–Trinajstić information content (AvgIpc) is 3.09. The number of nitrogens with two attached hydrogens (primary N) is 3. The molecule has 0 radical (unpaired) electrons. The number of nitrogens with zero attached hydrogens (tertiary/aromatic N) is 3. The fourth-order valence-electron chi connectivity index (χ4n) is 3.03. The molecule has 166 valence electrons. The van der Waals surface area contributed by atoms with Gasteiger partial charge in [0.2, 0.25) is 0 Å². The van der Waals surface area contributed by atoms with E-state index < -0.39 is 0 Å². The molecule has 0 unspecified atom stereocenters. The summed E-state index contributed by atoms with van der Waals surface area (Å²) in [6, 6.07) is 8.18. The summed E-state index contributed by atoms with van der Waals surface area (Å²) in [5, 5.41) is 1.96. The number of rotatable bonds is 5. The quantitative estimate of drug-likeness (QED) is 0.510. The number of benzene rings is 1. The van der Waals surface area contributed by atoms with E-state index in [9.17, 15) is 0 Å². The van der Waals surface area contributed by atoms with Crippen LogP contribution in [0.5, 0.6) is 0 Å². The Hall–Kier alpha value is -2.70. The summed E-state index contributed by atoms with van der Waals surface area (Å²) >= 11 is 0. The first-order valence-electron chi connectivity index (χ1n) is 10.9. The molecule has 0 saturated carbocycles. The van der Waals surface area contributed by atoms with Crippen LogP contribution >= 0.6 is 0 Å². The van der Waals surface area contributed by atoms with Gasteiger partial charge < -0.3 is 31.5 Å². The second-order valence-corrected chi connectivity index (χ2v) is 6.86. The van der Waals surface area contributed by atoms with Crippen LogP contribution in [0.2, 0.25) is 0 Å². The molecule has 1 aromatic rings. The third-order valence-corrected chi connectivity index (χ3v) is 4.74. The molecule has 3 rings (SSSR count). The van der Waals surface area contributed by atoms with Crippen LogP contribution < -0.4 is 21.7 Å². The Bertz CT molecular complexity index is 682. The molecule has 1 aliphatic carbocycles. The van der Waals surface area contributed by atoms with Crippen molar-refractivity contribution < 1.29 is 5.32 Å². The van der Waals surface area contributed by atoms with Crippen LogP contribution in [0.25, 0.3) is 0 Å². The number of allylic oxidation sites excluding steroid dienone is 5. The minimum Gasteiger partial charge on any atom is -0.399 e. The minimum absolute atomic E-state index is 0.574. The Balaban J connectivity index is 0.000000383. The zero-order valence-electron chi connectivity index (χ0n) is 19.2. The van der Waals surface area contributed by atoms with Crippen LogP contribution in [0.1, 0.15) is 20.3 Å². The van der Waals surface area contributed by atoms with Crippen molar-refractivity contribution in [2.45, 2.75) is 20.3 Å². The average molecular weight is 414 g/mol. The van der Waals surface area contributed by atoms with E-state index in [2.05, 4.69) is 52.3 Å².